The summed E-state index contributed by atoms with van der Waals surface area (Å²) in [4.78, 5) is 17.2. The maximum atomic E-state index is 12.4. The smallest absolute Gasteiger partial charge is 0.176 e. The van der Waals surface area contributed by atoms with Gasteiger partial charge in [0.05, 0.1) is 6.54 Å². The van der Waals surface area contributed by atoms with E-state index in [1.807, 2.05) is 12.1 Å². The van der Waals surface area contributed by atoms with Gasteiger partial charge in [-0.15, -0.1) is 0 Å². The zero-order chi connectivity index (χ0) is 14.7. The van der Waals surface area contributed by atoms with E-state index in [-0.39, 0.29) is 5.78 Å². The van der Waals surface area contributed by atoms with Crippen LogP contribution in [0.1, 0.15) is 42.1 Å². The number of Topliss-reactive ketones (excluding diaryl/α,β-unsaturated/α-hetero) is 1. The molecule has 1 aromatic carbocycles. The first-order valence-corrected chi connectivity index (χ1v) is 8.35. The summed E-state index contributed by atoms with van der Waals surface area (Å²) in [7, 11) is 0. The van der Waals surface area contributed by atoms with Gasteiger partial charge in [0.15, 0.2) is 5.78 Å². The van der Waals surface area contributed by atoms with Crippen molar-refractivity contribution in [3.05, 3.63) is 35.4 Å². The Morgan fingerprint density at radius 3 is 2.33 bits per heavy atom. The second-order valence-electron chi connectivity index (χ2n) is 6.41. The lowest BCUT2D eigenvalue weighted by Gasteiger charge is -2.34. The third-order valence-electron chi connectivity index (χ3n) is 4.65. The molecule has 0 amide bonds. The minimum Gasteiger partial charge on any atom is -0.298 e. The van der Waals surface area contributed by atoms with Crippen LogP contribution in [0.25, 0.3) is 0 Å². The maximum absolute atomic E-state index is 12.4. The summed E-state index contributed by atoms with van der Waals surface area (Å²) in [6.07, 6.45) is 5.00. The first kappa shape index (κ1) is 14.7. The molecule has 0 radical (unpaired) electrons. The highest BCUT2D eigenvalue weighted by Gasteiger charge is 2.31. The fraction of sp³-hybridized carbons (Fsp3) is 0.611. The van der Waals surface area contributed by atoms with Gasteiger partial charge in [-0.05, 0) is 24.8 Å². The molecule has 1 saturated heterocycles. The van der Waals surface area contributed by atoms with E-state index in [0.717, 1.165) is 50.6 Å². The number of benzene rings is 1. The number of piperazine rings is 1. The summed E-state index contributed by atoms with van der Waals surface area (Å²) >= 11 is 0. The molecule has 0 atom stereocenters. The molecule has 114 valence electrons. The molecule has 0 bridgehead atoms. The van der Waals surface area contributed by atoms with E-state index in [1.54, 1.807) is 0 Å². The molecule has 0 N–H and O–H groups in total. The molecule has 1 saturated carbocycles. The van der Waals surface area contributed by atoms with Crippen molar-refractivity contribution in [2.45, 2.75) is 38.6 Å². The minimum atomic E-state index is 0.262. The fourth-order valence-corrected chi connectivity index (χ4v) is 3.17. The molecule has 3 heteroatoms. The van der Waals surface area contributed by atoms with Gasteiger partial charge in [-0.3, -0.25) is 14.6 Å². The quantitative estimate of drug-likeness (QED) is 0.751. The molecule has 1 aliphatic heterocycles. The van der Waals surface area contributed by atoms with Gasteiger partial charge in [-0.1, -0.05) is 37.6 Å². The molecule has 2 aliphatic rings. The van der Waals surface area contributed by atoms with Gasteiger partial charge in [0.25, 0.3) is 0 Å². The number of carbonyl (C=O) groups is 1. The average Bonchev–Trinajstić information content (AvgIpc) is 3.34. The van der Waals surface area contributed by atoms with Crippen molar-refractivity contribution >= 4 is 5.78 Å². The lowest BCUT2D eigenvalue weighted by molar-refractivity contribution is 0.0843. The van der Waals surface area contributed by atoms with Gasteiger partial charge in [-0.2, -0.15) is 0 Å². The Balaban J connectivity index is 1.49. The Morgan fingerprint density at radius 2 is 1.76 bits per heavy atom. The van der Waals surface area contributed by atoms with Crippen molar-refractivity contribution in [3.63, 3.8) is 0 Å². The van der Waals surface area contributed by atoms with Crippen molar-refractivity contribution in [2.24, 2.45) is 0 Å². The van der Waals surface area contributed by atoms with Crippen LogP contribution in [0.3, 0.4) is 0 Å². The zero-order valence-electron chi connectivity index (χ0n) is 13.1. The normalized spacial score (nSPS) is 20.6. The number of hydrogen-bond acceptors (Lipinski definition) is 3. The number of nitrogens with zero attached hydrogens (tertiary/aromatic N) is 2. The highest BCUT2D eigenvalue weighted by atomic mass is 16.1. The molecule has 1 heterocycles. The predicted octanol–water partition coefficient (Wildman–Crippen LogP) is 2.60. The molecule has 3 nitrogen and oxygen atoms in total. The maximum Gasteiger partial charge on any atom is 0.176 e. The summed E-state index contributed by atoms with van der Waals surface area (Å²) in [5.41, 5.74) is 2.19. The summed E-state index contributed by atoms with van der Waals surface area (Å²) in [6, 6.07) is 9.04. The van der Waals surface area contributed by atoms with E-state index in [2.05, 4.69) is 28.9 Å². The molecular formula is C18H26N2O. The monoisotopic (exact) mass is 286 g/mol. The van der Waals surface area contributed by atoms with Gasteiger partial charge >= 0.3 is 0 Å². The largest absolute Gasteiger partial charge is 0.298 e. The van der Waals surface area contributed by atoms with Crippen LogP contribution in [0.2, 0.25) is 0 Å². The highest BCUT2D eigenvalue weighted by molar-refractivity contribution is 5.97. The molecule has 3 rings (SSSR count). The molecule has 0 spiro atoms. The third kappa shape index (κ3) is 3.92. The summed E-state index contributed by atoms with van der Waals surface area (Å²) in [6.45, 7) is 7.10. The van der Waals surface area contributed by atoms with Gasteiger partial charge < -0.3 is 0 Å². The fourth-order valence-electron chi connectivity index (χ4n) is 3.17. The second-order valence-corrected chi connectivity index (χ2v) is 6.41. The third-order valence-corrected chi connectivity index (χ3v) is 4.65. The number of rotatable bonds is 6. The van der Waals surface area contributed by atoms with Crippen molar-refractivity contribution in [1.82, 2.24) is 9.80 Å². The lowest BCUT2D eigenvalue weighted by atomic mass is 10.0. The van der Waals surface area contributed by atoms with Crippen molar-refractivity contribution in [2.75, 3.05) is 32.7 Å². The van der Waals surface area contributed by atoms with Crippen molar-refractivity contribution in [3.8, 4) is 0 Å². The van der Waals surface area contributed by atoms with E-state index in [9.17, 15) is 4.79 Å². The standard InChI is InChI=1S/C18H26N2O/c1-2-3-15-4-6-16(7-5-15)18(21)14-19-10-12-20(13-11-19)17-8-9-17/h4-7,17H,2-3,8-14H2,1H3. The molecule has 21 heavy (non-hydrogen) atoms. The Hall–Kier alpha value is -1.19. The first-order valence-electron chi connectivity index (χ1n) is 8.35. The Labute approximate surface area is 127 Å². The van der Waals surface area contributed by atoms with Crippen molar-refractivity contribution < 1.29 is 4.79 Å². The molecule has 0 unspecified atom stereocenters. The summed E-state index contributed by atoms with van der Waals surface area (Å²) < 4.78 is 0. The van der Waals surface area contributed by atoms with E-state index in [4.69, 9.17) is 0 Å². The molecule has 1 aromatic rings. The topological polar surface area (TPSA) is 23.6 Å². The van der Waals surface area contributed by atoms with Crippen molar-refractivity contribution in [1.29, 1.82) is 0 Å². The van der Waals surface area contributed by atoms with Gasteiger partial charge in [0.2, 0.25) is 0 Å². The molecule has 1 aliphatic carbocycles. The van der Waals surface area contributed by atoms with Crippen LogP contribution in [0.15, 0.2) is 24.3 Å². The van der Waals surface area contributed by atoms with Crippen LogP contribution in [0.4, 0.5) is 0 Å². The Kier molecular flexibility index (Phi) is 4.71. The van der Waals surface area contributed by atoms with Crippen LogP contribution >= 0.6 is 0 Å². The Morgan fingerprint density at radius 1 is 1.10 bits per heavy atom. The minimum absolute atomic E-state index is 0.262. The summed E-state index contributed by atoms with van der Waals surface area (Å²) in [5, 5.41) is 0. The lowest BCUT2D eigenvalue weighted by Crippen LogP contribution is -2.48. The zero-order valence-corrected chi connectivity index (χ0v) is 13.1. The molecule has 0 aromatic heterocycles. The predicted molar refractivity (Wildman–Crippen MR) is 85.8 cm³/mol. The first-order chi connectivity index (χ1) is 10.3. The van der Waals surface area contributed by atoms with Crippen LogP contribution in [0, 0.1) is 0 Å². The second kappa shape index (κ2) is 6.71. The van der Waals surface area contributed by atoms with E-state index < -0.39 is 0 Å². The number of carbonyl (C=O) groups excluding carboxylic acids is 1. The van der Waals surface area contributed by atoms with Gasteiger partial charge in [0, 0.05) is 37.8 Å². The SMILES string of the molecule is CCCc1ccc(C(=O)CN2CCN(C3CC3)CC2)cc1. The number of ketones is 1. The van der Waals surface area contributed by atoms with E-state index >= 15 is 0 Å². The highest BCUT2D eigenvalue weighted by Crippen LogP contribution is 2.27. The number of aryl methyl sites for hydroxylation is 1. The van der Waals surface area contributed by atoms with Gasteiger partial charge in [0.1, 0.15) is 0 Å². The molecule has 2 fully saturated rings. The molecular weight excluding hydrogens is 260 g/mol. The van der Waals surface area contributed by atoms with Crippen LogP contribution in [-0.4, -0.2) is 54.3 Å². The average molecular weight is 286 g/mol. The summed E-state index contributed by atoms with van der Waals surface area (Å²) in [5.74, 6) is 0.262. The van der Waals surface area contributed by atoms with E-state index in [1.165, 1.54) is 18.4 Å². The van der Waals surface area contributed by atoms with Gasteiger partial charge in [-0.25, -0.2) is 0 Å². The van der Waals surface area contributed by atoms with Crippen LogP contribution < -0.4 is 0 Å². The number of hydrogen-bond donors (Lipinski definition) is 0. The van der Waals surface area contributed by atoms with E-state index in [0.29, 0.717) is 6.54 Å². The van der Waals surface area contributed by atoms with Crippen LogP contribution in [-0.2, 0) is 6.42 Å². The van der Waals surface area contributed by atoms with Crippen LogP contribution in [0.5, 0.6) is 0 Å². The Bertz CT molecular complexity index is 470.